The van der Waals surface area contributed by atoms with Crippen molar-refractivity contribution in [3.8, 4) is 6.07 Å². The van der Waals surface area contributed by atoms with Crippen LogP contribution in [0.3, 0.4) is 0 Å². The second kappa shape index (κ2) is 6.38. The lowest BCUT2D eigenvalue weighted by atomic mass is 10.2. The first-order valence-corrected chi connectivity index (χ1v) is 5.32. The number of nitrogens with zero attached hydrogens (tertiary/aromatic N) is 2. The highest BCUT2D eigenvalue weighted by Crippen LogP contribution is 2.07. The number of carbonyl (C=O) groups is 1. The molecule has 2 N–H and O–H groups in total. The topological polar surface area (TPSA) is 68.2 Å². The monoisotopic (exact) mass is 232 g/mol. The molecule has 1 aromatic carbocycles. The Bertz CT molecular complexity index is 406. The van der Waals surface area contributed by atoms with E-state index < -0.39 is 0 Å². The van der Waals surface area contributed by atoms with Crippen LogP contribution in [0.1, 0.15) is 5.56 Å². The van der Waals surface area contributed by atoms with Crippen LogP contribution in [0.5, 0.6) is 0 Å². The zero-order valence-corrected chi connectivity index (χ0v) is 10.0. The molecule has 5 nitrogen and oxygen atoms in total. The standard InChI is InChI=1S/C12H16N4O/c1-16(2)12(17)15-8-7-14-11-5-3-10(9-13)4-6-11/h3-6,14H,7-8H2,1-2H3,(H,15,17). The van der Waals surface area contributed by atoms with Crippen LogP contribution in [0.2, 0.25) is 0 Å². The van der Waals surface area contributed by atoms with E-state index in [9.17, 15) is 4.79 Å². The van der Waals surface area contributed by atoms with Gasteiger partial charge in [0.15, 0.2) is 0 Å². The summed E-state index contributed by atoms with van der Waals surface area (Å²) in [6.07, 6.45) is 0. The van der Waals surface area contributed by atoms with E-state index in [2.05, 4.69) is 16.7 Å². The molecule has 2 amide bonds. The number of rotatable bonds is 4. The molecule has 1 rings (SSSR count). The van der Waals surface area contributed by atoms with Crippen LogP contribution in [0.4, 0.5) is 10.5 Å². The Morgan fingerprint density at radius 3 is 2.47 bits per heavy atom. The summed E-state index contributed by atoms with van der Waals surface area (Å²) in [7, 11) is 3.40. The number of amides is 2. The summed E-state index contributed by atoms with van der Waals surface area (Å²) in [5, 5.41) is 14.5. The van der Waals surface area contributed by atoms with E-state index >= 15 is 0 Å². The highest BCUT2D eigenvalue weighted by Gasteiger charge is 2.00. The third-order valence-corrected chi connectivity index (χ3v) is 2.15. The third kappa shape index (κ3) is 4.43. The van der Waals surface area contributed by atoms with E-state index in [1.807, 2.05) is 12.1 Å². The maximum atomic E-state index is 11.2. The van der Waals surface area contributed by atoms with Crippen LogP contribution in [-0.4, -0.2) is 38.1 Å². The second-order valence-electron chi connectivity index (χ2n) is 3.74. The van der Waals surface area contributed by atoms with Crippen LogP contribution in [-0.2, 0) is 0 Å². The van der Waals surface area contributed by atoms with Crippen LogP contribution in [0.15, 0.2) is 24.3 Å². The molecule has 0 spiro atoms. The van der Waals surface area contributed by atoms with Crippen molar-refractivity contribution in [2.45, 2.75) is 0 Å². The summed E-state index contributed by atoms with van der Waals surface area (Å²) in [5.41, 5.74) is 1.57. The molecule has 90 valence electrons. The Kier molecular flexibility index (Phi) is 4.82. The van der Waals surface area contributed by atoms with Crippen LogP contribution in [0.25, 0.3) is 0 Å². The van der Waals surface area contributed by atoms with Crippen LogP contribution < -0.4 is 10.6 Å². The Labute approximate surface area is 101 Å². The van der Waals surface area contributed by atoms with Gasteiger partial charge in [0, 0.05) is 32.9 Å². The first-order chi connectivity index (χ1) is 8.13. The molecule has 0 atom stereocenters. The van der Waals surface area contributed by atoms with E-state index in [0.717, 1.165) is 5.69 Å². The van der Waals surface area contributed by atoms with Crippen molar-refractivity contribution < 1.29 is 4.79 Å². The molecule has 0 aliphatic carbocycles. The average molecular weight is 232 g/mol. The number of anilines is 1. The fourth-order valence-corrected chi connectivity index (χ4v) is 1.20. The Hall–Kier alpha value is -2.22. The molecule has 5 heteroatoms. The molecule has 17 heavy (non-hydrogen) atoms. The molecule has 1 aromatic rings. The lowest BCUT2D eigenvalue weighted by Gasteiger charge is -2.12. The number of carbonyl (C=O) groups excluding carboxylic acids is 1. The molecular weight excluding hydrogens is 216 g/mol. The second-order valence-corrected chi connectivity index (χ2v) is 3.74. The molecule has 0 saturated carbocycles. The van der Waals surface area contributed by atoms with Crippen molar-refractivity contribution in [2.75, 3.05) is 32.5 Å². The number of hydrogen-bond acceptors (Lipinski definition) is 3. The molecule has 0 radical (unpaired) electrons. The molecule has 0 aliphatic heterocycles. The Morgan fingerprint density at radius 2 is 1.94 bits per heavy atom. The normalized spacial score (nSPS) is 9.24. The van der Waals surface area contributed by atoms with E-state index in [0.29, 0.717) is 18.7 Å². The fraction of sp³-hybridized carbons (Fsp3) is 0.333. The highest BCUT2D eigenvalue weighted by atomic mass is 16.2. The van der Waals surface area contributed by atoms with Crippen molar-refractivity contribution in [2.24, 2.45) is 0 Å². The maximum absolute atomic E-state index is 11.2. The van der Waals surface area contributed by atoms with E-state index in [1.165, 1.54) is 4.90 Å². The highest BCUT2D eigenvalue weighted by molar-refractivity contribution is 5.73. The van der Waals surface area contributed by atoms with Gasteiger partial charge in [-0.2, -0.15) is 5.26 Å². The number of nitriles is 1. The lowest BCUT2D eigenvalue weighted by molar-refractivity contribution is 0.218. The zero-order valence-electron chi connectivity index (χ0n) is 10.0. The van der Waals surface area contributed by atoms with Gasteiger partial charge < -0.3 is 15.5 Å². The summed E-state index contributed by atoms with van der Waals surface area (Å²) in [5.74, 6) is 0. The van der Waals surface area contributed by atoms with Crippen molar-refractivity contribution in [3.05, 3.63) is 29.8 Å². The van der Waals surface area contributed by atoms with Crippen molar-refractivity contribution in [1.29, 1.82) is 5.26 Å². The number of nitrogens with one attached hydrogen (secondary N) is 2. The predicted molar refractivity (Wildman–Crippen MR) is 66.7 cm³/mol. The van der Waals surface area contributed by atoms with Gasteiger partial charge in [-0.1, -0.05) is 0 Å². The molecule has 0 fully saturated rings. The quantitative estimate of drug-likeness (QED) is 0.767. The molecule has 0 saturated heterocycles. The molecule has 0 aromatic heterocycles. The molecule has 0 aliphatic rings. The number of urea groups is 1. The van der Waals surface area contributed by atoms with Crippen molar-refractivity contribution >= 4 is 11.7 Å². The zero-order chi connectivity index (χ0) is 12.7. The average Bonchev–Trinajstić information content (AvgIpc) is 2.35. The summed E-state index contributed by atoms with van der Waals surface area (Å²) < 4.78 is 0. The fourth-order valence-electron chi connectivity index (χ4n) is 1.20. The largest absolute Gasteiger partial charge is 0.383 e. The summed E-state index contributed by atoms with van der Waals surface area (Å²) in [6.45, 7) is 1.20. The van der Waals surface area contributed by atoms with E-state index in [1.54, 1.807) is 26.2 Å². The molecule has 0 bridgehead atoms. The van der Waals surface area contributed by atoms with Gasteiger partial charge in [0.25, 0.3) is 0 Å². The van der Waals surface area contributed by atoms with E-state index in [4.69, 9.17) is 5.26 Å². The van der Waals surface area contributed by atoms with E-state index in [-0.39, 0.29) is 6.03 Å². The first kappa shape index (κ1) is 12.8. The van der Waals surface area contributed by atoms with Crippen molar-refractivity contribution in [1.82, 2.24) is 10.2 Å². The Morgan fingerprint density at radius 1 is 1.29 bits per heavy atom. The van der Waals surface area contributed by atoms with Gasteiger partial charge in [-0.3, -0.25) is 0 Å². The summed E-state index contributed by atoms with van der Waals surface area (Å²) in [4.78, 5) is 12.7. The Balaban J connectivity index is 2.27. The van der Waals surface area contributed by atoms with Gasteiger partial charge >= 0.3 is 6.03 Å². The maximum Gasteiger partial charge on any atom is 0.316 e. The first-order valence-electron chi connectivity index (χ1n) is 5.32. The van der Waals surface area contributed by atoms with Gasteiger partial charge in [0.05, 0.1) is 11.6 Å². The van der Waals surface area contributed by atoms with Gasteiger partial charge in [-0.05, 0) is 24.3 Å². The third-order valence-electron chi connectivity index (χ3n) is 2.15. The van der Waals surface area contributed by atoms with Gasteiger partial charge in [0.2, 0.25) is 0 Å². The summed E-state index contributed by atoms with van der Waals surface area (Å²) >= 11 is 0. The lowest BCUT2D eigenvalue weighted by Crippen LogP contribution is -2.37. The van der Waals surface area contributed by atoms with Gasteiger partial charge in [-0.25, -0.2) is 4.79 Å². The molecular formula is C12H16N4O. The van der Waals surface area contributed by atoms with Gasteiger partial charge in [0.1, 0.15) is 0 Å². The number of hydrogen-bond donors (Lipinski definition) is 2. The van der Waals surface area contributed by atoms with Gasteiger partial charge in [-0.15, -0.1) is 0 Å². The van der Waals surface area contributed by atoms with Crippen LogP contribution >= 0.6 is 0 Å². The molecule has 0 heterocycles. The minimum absolute atomic E-state index is 0.105. The summed E-state index contributed by atoms with van der Waals surface area (Å²) in [6, 6.07) is 9.13. The molecule has 0 unspecified atom stereocenters. The minimum Gasteiger partial charge on any atom is -0.383 e. The number of benzene rings is 1. The smallest absolute Gasteiger partial charge is 0.316 e. The SMILES string of the molecule is CN(C)C(=O)NCCNc1ccc(C#N)cc1. The van der Waals surface area contributed by atoms with Crippen molar-refractivity contribution in [3.63, 3.8) is 0 Å². The van der Waals surface area contributed by atoms with Crippen LogP contribution in [0, 0.1) is 11.3 Å². The minimum atomic E-state index is -0.105. The predicted octanol–water partition coefficient (Wildman–Crippen LogP) is 1.24.